The Morgan fingerprint density at radius 1 is 1.53 bits per heavy atom. The molecule has 90 valence electrons. The van der Waals surface area contributed by atoms with Crippen LogP contribution in [0.1, 0.15) is 24.8 Å². The van der Waals surface area contributed by atoms with Gasteiger partial charge in [0.05, 0.1) is 18.5 Å². The Morgan fingerprint density at radius 3 is 3.06 bits per heavy atom. The van der Waals surface area contributed by atoms with Crippen LogP contribution in [-0.2, 0) is 11.4 Å². The number of carbonyl (C=O) groups excluding carboxylic acids is 1. The van der Waals surface area contributed by atoms with Gasteiger partial charge in [0.2, 0.25) is 5.91 Å². The molecule has 2 unspecified atom stereocenters. The largest absolute Gasteiger partial charge is 0.392 e. The van der Waals surface area contributed by atoms with Crippen LogP contribution in [0, 0.1) is 17.8 Å². The van der Waals surface area contributed by atoms with Crippen LogP contribution in [0.5, 0.6) is 0 Å². The van der Waals surface area contributed by atoms with Gasteiger partial charge >= 0.3 is 0 Å². The third kappa shape index (κ3) is 2.17. The fraction of sp³-hybridized carbons (Fsp3) is 0.538. The molecule has 0 bridgehead atoms. The lowest BCUT2D eigenvalue weighted by Gasteiger charge is -2.08. The van der Waals surface area contributed by atoms with Crippen molar-refractivity contribution in [3.8, 4) is 0 Å². The summed E-state index contributed by atoms with van der Waals surface area (Å²) >= 11 is 0. The first-order chi connectivity index (χ1) is 8.29. The summed E-state index contributed by atoms with van der Waals surface area (Å²) in [5, 5.41) is 12.0. The highest BCUT2D eigenvalue weighted by atomic mass is 16.3. The van der Waals surface area contributed by atoms with E-state index >= 15 is 0 Å². The Balaban J connectivity index is 1.64. The van der Waals surface area contributed by atoms with E-state index < -0.39 is 0 Å². The van der Waals surface area contributed by atoms with Crippen molar-refractivity contribution in [3.05, 3.63) is 24.0 Å². The summed E-state index contributed by atoms with van der Waals surface area (Å²) in [5.74, 6) is 1.69. The molecule has 0 spiro atoms. The number of carbonyl (C=O) groups is 1. The number of pyridine rings is 1. The van der Waals surface area contributed by atoms with Gasteiger partial charge < -0.3 is 10.4 Å². The van der Waals surface area contributed by atoms with E-state index in [0.717, 1.165) is 17.9 Å². The minimum Gasteiger partial charge on any atom is -0.392 e. The van der Waals surface area contributed by atoms with Crippen LogP contribution in [-0.4, -0.2) is 16.0 Å². The number of nitrogens with zero attached hydrogens (tertiary/aromatic N) is 1. The van der Waals surface area contributed by atoms with Crippen molar-refractivity contribution in [2.24, 2.45) is 17.8 Å². The quantitative estimate of drug-likeness (QED) is 0.828. The van der Waals surface area contributed by atoms with Gasteiger partial charge in [-0.2, -0.15) is 0 Å². The molecule has 2 saturated carbocycles. The van der Waals surface area contributed by atoms with Crippen LogP contribution in [0.25, 0.3) is 0 Å². The third-order valence-electron chi connectivity index (χ3n) is 3.74. The van der Waals surface area contributed by atoms with Gasteiger partial charge in [0.25, 0.3) is 0 Å². The SMILES string of the molecule is O=C(Nc1cnccc1CO)C1CC1C1CC1. The molecule has 1 aromatic rings. The zero-order chi connectivity index (χ0) is 11.8. The minimum atomic E-state index is -0.0746. The average molecular weight is 232 g/mol. The highest BCUT2D eigenvalue weighted by molar-refractivity contribution is 5.95. The summed E-state index contributed by atoms with van der Waals surface area (Å²) in [6.07, 6.45) is 6.83. The van der Waals surface area contributed by atoms with Crippen LogP contribution < -0.4 is 5.32 Å². The van der Waals surface area contributed by atoms with Gasteiger partial charge in [0, 0.05) is 17.7 Å². The normalized spacial score (nSPS) is 26.6. The first-order valence-electron chi connectivity index (χ1n) is 6.14. The first kappa shape index (κ1) is 10.7. The molecule has 2 aliphatic carbocycles. The highest BCUT2D eigenvalue weighted by Crippen LogP contribution is 2.54. The average Bonchev–Trinajstić information content (AvgIpc) is 3.18. The Hall–Kier alpha value is -1.42. The van der Waals surface area contributed by atoms with E-state index in [1.54, 1.807) is 18.5 Å². The summed E-state index contributed by atoms with van der Waals surface area (Å²) in [6.45, 7) is -0.0746. The van der Waals surface area contributed by atoms with E-state index in [2.05, 4.69) is 10.3 Å². The van der Waals surface area contributed by atoms with Crippen molar-refractivity contribution in [1.29, 1.82) is 0 Å². The second-order valence-electron chi connectivity index (χ2n) is 5.02. The van der Waals surface area contributed by atoms with Gasteiger partial charge in [0.1, 0.15) is 0 Å². The predicted octanol–water partition coefficient (Wildman–Crippen LogP) is 1.56. The van der Waals surface area contributed by atoms with Crippen molar-refractivity contribution >= 4 is 11.6 Å². The van der Waals surface area contributed by atoms with Crippen molar-refractivity contribution in [3.63, 3.8) is 0 Å². The summed E-state index contributed by atoms with van der Waals surface area (Å²) in [4.78, 5) is 15.9. The molecule has 0 saturated heterocycles. The van der Waals surface area contributed by atoms with Gasteiger partial charge in [-0.15, -0.1) is 0 Å². The van der Waals surface area contributed by atoms with Crippen molar-refractivity contribution in [2.75, 3.05) is 5.32 Å². The molecule has 0 aliphatic heterocycles. The second kappa shape index (κ2) is 4.11. The lowest BCUT2D eigenvalue weighted by atomic mass is 10.2. The maximum absolute atomic E-state index is 12.0. The summed E-state index contributed by atoms with van der Waals surface area (Å²) in [6, 6.07) is 1.72. The van der Waals surface area contributed by atoms with Crippen LogP contribution >= 0.6 is 0 Å². The first-order valence-corrected chi connectivity index (χ1v) is 6.14. The summed E-state index contributed by atoms with van der Waals surface area (Å²) in [7, 11) is 0. The van der Waals surface area contributed by atoms with Crippen LogP contribution in [0.4, 0.5) is 5.69 Å². The van der Waals surface area contributed by atoms with Gasteiger partial charge in [-0.3, -0.25) is 9.78 Å². The number of rotatable bonds is 4. The molecule has 1 heterocycles. The van der Waals surface area contributed by atoms with E-state index in [1.807, 2.05) is 0 Å². The van der Waals surface area contributed by atoms with Crippen molar-refractivity contribution < 1.29 is 9.90 Å². The molecule has 4 heteroatoms. The van der Waals surface area contributed by atoms with E-state index in [4.69, 9.17) is 5.11 Å². The minimum absolute atomic E-state index is 0.0746. The van der Waals surface area contributed by atoms with E-state index in [-0.39, 0.29) is 18.4 Å². The molecule has 2 fully saturated rings. The van der Waals surface area contributed by atoms with Gasteiger partial charge in [0.15, 0.2) is 0 Å². The summed E-state index contributed by atoms with van der Waals surface area (Å²) in [5.41, 5.74) is 1.36. The van der Waals surface area contributed by atoms with Crippen LogP contribution in [0.2, 0.25) is 0 Å². The molecule has 2 aliphatic rings. The predicted molar refractivity (Wildman–Crippen MR) is 63.1 cm³/mol. The molecular formula is C13H16N2O2. The number of aliphatic hydroxyl groups is 1. The number of hydrogen-bond donors (Lipinski definition) is 2. The fourth-order valence-electron chi connectivity index (χ4n) is 2.46. The van der Waals surface area contributed by atoms with E-state index in [0.29, 0.717) is 11.6 Å². The molecule has 0 aromatic carbocycles. The number of amides is 1. The molecule has 2 atom stereocenters. The molecule has 3 rings (SSSR count). The third-order valence-corrected chi connectivity index (χ3v) is 3.74. The Morgan fingerprint density at radius 2 is 2.35 bits per heavy atom. The molecule has 1 amide bonds. The number of hydrogen-bond acceptors (Lipinski definition) is 3. The Labute approximate surface area is 100 Å². The van der Waals surface area contributed by atoms with Gasteiger partial charge in [-0.1, -0.05) is 0 Å². The van der Waals surface area contributed by atoms with E-state index in [1.165, 1.54) is 12.8 Å². The number of aromatic nitrogens is 1. The monoisotopic (exact) mass is 232 g/mol. The molecule has 0 radical (unpaired) electrons. The molecule has 1 aromatic heterocycles. The lowest BCUT2D eigenvalue weighted by molar-refractivity contribution is -0.117. The lowest BCUT2D eigenvalue weighted by Crippen LogP contribution is -2.16. The molecule has 4 nitrogen and oxygen atoms in total. The van der Waals surface area contributed by atoms with E-state index in [9.17, 15) is 4.79 Å². The van der Waals surface area contributed by atoms with Crippen molar-refractivity contribution in [2.45, 2.75) is 25.9 Å². The second-order valence-corrected chi connectivity index (χ2v) is 5.02. The number of aliphatic hydroxyl groups excluding tert-OH is 1. The molecular weight excluding hydrogens is 216 g/mol. The smallest absolute Gasteiger partial charge is 0.227 e. The van der Waals surface area contributed by atoms with Crippen LogP contribution in [0.15, 0.2) is 18.5 Å². The zero-order valence-corrected chi connectivity index (χ0v) is 9.60. The topological polar surface area (TPSA) is 62.2 Å². The highest BCUT2D eigenvalue weighted by Gasteiger charge is 2.51. The Kier molecular flexibility index (Phi) is 2.59. The summed E-state index contributed by atoms with van der Waals surface area (Å²) < 4.78 is 0. The number of anilines is 1. The molecule has 2 N–H and O–H groups in total. The maximum atomic E-state index is 12.0. The fourth-order valence-corrected chi connectivity index (χ4v) is 2.46. The zero-order valence-electron chi connectivity index (χ0n) is 9.60. The van der Waals surface area contributed by atoms with Crippen molar-refractivity contribution in [1.82, 2.24) is 4.98 Å². The van der Waals surface area contributed by atoms with Gasteiger partial charge in [-0.25, -0.2) is 0 Å². The molecule has 17 heavy (non-hydrogen) atoms. The standard InChI is InChI=1S/C13H16N2O2/c16-7-9-3-4-14-6-12(9)15-13(17)11-5-10(11)8-1-2-8/h3-4,6,8,10-11,16H,1-2,5,7H2,(H,15,17). The van der Waals surface area contributed by atoms with Crippen LogP contribution in [0.3, 0.4) is 0 Å². The maximum Gasteiger partial charge on any atom is 0.227 e. The van der Waals surface area contributed by atoms with Gasteiger partial charge in [-0.05, 0) is 37.2 Å². The number of nitrogens with one attached hydrogen (secondary N) is 1. The Bertz CT molecular complexity index is 443.